The second-order valence-electron chi connectivity index (χ2n) is 9.59. The first kappa shape index (κ1) is 29.5. The molecule has 10 heteroatoms. The van der Waals surface area contributed by atoms with Crippen LogP contribution < -0.4 is 10.6 Å². The second kappa shape index (κ2) is 13.4. The third-order valence-corrected chi connectivity index (χ3v) is 5.61. The van der Waals surface area contributed by atoms with Gasteiger partial charge in [0.1, 0.15) is 5.60 Å². The van der Waals surface area contributed by atoms with Crippen molar-refractivity contribution in [2.24, 2.45) is 12.0 Å². The first-order valence-electron chi connectivity index (χ1n) is 11.7. The number of hydrogen-bond acceptors (Lipinski definition) is 5. The molecule has 1 aliphatic rings. The Kier molecular flexibility index (Phi) is 11.9. The number of nitrogens with zero attached hydrogens (tertiary/aromatic N) is 5. The molecule has 1 saturated heterocycles. The standard InChI is InChI=1S/C23H43N7O2.HI/c1-9-24-21(26-17(2)16-20-18(3)27-28(8)19(20)4)25-10-11-29-12-14-30(15-13-29)22(31)32-23(5,6)7;/h17H,9-16H2,1-8H3,(H2,24,25,26);1H. The molecule has 0 bridgehead atoms. The average Bonchev–Trinajstić information content (AvgIpc) is 2.93. The van der Waals surface area contributed by atoms with Crippen molar-refractivity contribution in [1.29, 1.82) is 0 Å². The second-order valence-corrected chi connectivity index (χ2v) is 9.59. The van der Waals surface area contributed by atoms with E-state index in [0.717, 1.165) is 44.3 Å². The number of piperazine rings is 1. The minimum atomic E-state index is -0.454. The molecule has 9 nitrogen and oxygen atoms in total. The fourth-order valence-corrected chi connectivity index (χ4v) is 3.81. The Morgan fingerprint density at radius 1 is 1.21 bits per heavy atom. The molecule has 1 fully saturated rings. The number of ether oxygens (including phenoxy) is 1. The summed E-state index contributed by atoms with van der Waals surface area (Å²) in [6.07, 6.45) is 0.685. The fourth-order valence-electron chi connectivity index (χ4n) is 3.81. The maximum absolute atomic E-state index is 12.2. The Morgan fingerprint density at radius 3 is 2.36 bits per heavy atom. The summed E-state index contributed by atoms with van der Waals surface area (Å²) in [5, 5.41) is 11.4. The molecule has 1 aromatic rings. The molecule has 2 N–H and O–H groups in total. The predicted octanol–water partition coefficient (Wildman–Crippen LogP) is 2.69. The Hall–Kier alpha value is -1.56. The number of hydrogen-bond donors (Lipinski definition) is 2. The van der Waals surface area contributed by atoms with Crippen LogP contribution in [0.4, 0.5) is 4.79 Å². The number of aromatic nitrogens is 2. The van der Waals surface area contributed by atoms with Gasteiger partial charge in [-0.1, -0.05) is 0 Å². The normalized spacial score (nSPS) is 16.2. The van der Waals surface area contributed by atoms with Gasteiger partial charge in [-0.05, 0) is 60.5 Å². The summed E-state index contributed by atoms with van der Waals surface area (Å²) in [6, 6.07) is 0.242. The first-order valence-corrected chi connectivity index (χ1v) is 11.7. The molecular formula is C23H44IN7O2. The van der Waals surface area contributed by atoms with E-state index in [1.807, 2.05) is 32.5 Å². The van der Waals surface area contributed by atoms with Gasteiger partial charge in [-0.15, -0.1) is 24.0 Å². The van der Waals surface area contributed by atoms with Gasteiger partial charge >= 0.3 is 6.09 Å². The third kappa shape index (κ3) is 9.68. The van der Waals surface area contributed by atoms with Gasteiger partial charge in [0.2, 0.25) is 0 Å². The maximum Gasteiger partial charge on any atom is 0.410 e. The van der Waals surface area contributed by atoms with E-state index in [4.69, 9.17) is 9.73 Å². The van der Waals surface area contributed by atoms with E-state index >= 15 is 0 Å². The smallest absolute Gasteiger partial charge is 0.410 e. The number of guanidine groups is 1. The summed E-state index contributed by atoms with van der Waals surface area (Å²) < 4.78 is 7.42. The van der Waals surface area contributed by atoms with E-state index in [2.05, 4.69) is 48.3 Å². The molecule has 190 valence electrons. The monoisotopic (exact) mass is 577 g/mol. The minimum Gasteiger partial charge on any atom is -0.444 e. The van der Waals surface area contributed by atoms with Crippen LogP contribution in [0, 0.1) is 13.8 Å². The van der Waals surface area contributed by atoms with E-state index in [1.165, 1.54) is 11.3 Å². The predicted molar refractivity (Wildman–Crippen MR) is 145 cm³/mol. The summed E-state index contributed by atoms with van der Waals surface area (Å²) in [6.45, 7) is 19.6. The highest BCUT2D eigenvalue weighted by Crippen LogP contribution is 2.14. The minimum absolute atomic E-state index is 0. The number of carbonyl (C=O) groups excluding carboxylic acids is 1. The lowest BCUT2D eigenvalue weighted by Gasteiger charge is -2.35. The summed E-state index contributed by atoms with van der Waals surface area (Å²) in [5.41, 5.74) is 3.14. The van der Waals surface area contributed by atoms with Gasteiger partial charge in [0.05, 0.1) is 12.2 Å². The maximum atomic E-state index is 12.2. The SMILES string of the molecule is CCNC(=NCCN1CCN(C(=O)OC(C)(C)C)CC1)NC(C)Cc1c(C)nn(C)c1C.I. The van der Waals surface area contributed by atoms with Gasteiger partial charge in [-0.3, -0.25) is 14.6 Å². The lowest BCUT2D eigenvalue weighted by molar-refractivity contribution is 0.0148. The van der Waals surface area contributed by atoms with Crippen LogP contribution in [-0.4, -0.2) is 89.1 Å². The molecule has 1 aliphatic heterocycles. The molecule has 2 heterocycles. The number of nitrogens with one attached hydrogen (secondary N) is 2. The molecule has 33 heavy (non-hydrogen) atoms. The van der Waals surface area contributed by atoms with Crippen LogP contribution in [0.5, 0.6) is 0 Å². The van der Waals surface area contributed by atoms with Crippen molar-refractivity contribution in [3.8, 4) is 0 Å². The largest absolute Gasteiger partial charge is 0.444 e. The summed E-state index contributed by atoms with van der Waals surface area (Å²) >= 11 is 0. The van der Waals surface area contributed by atoms with Crippen LogP contribution in [0.2, 0.25) is 0 Å². The molecule has 1 atom stereocenters. The number of carbonyl (C=O) groups is 1. The molecule has 0 spiro atoms. The highest BCUT2D eigenvalue weighted by molar-refractivity contribution is 14.0. The van der Waals surface area contributed by atoms with Crippen molar-refractivity contribution < 1.29 is 9.53 Å². The molecule has 0 radical (unpaired) electrons. The highest BCUT2D eigenvalue weighted by atomic mass is 127. The van der Waals surface area contributed by atoms with Crippen molar-refractivity contribution in [3.05, 3.63) is 17.0 Å². The molecule has 1 amide bonds. The summed E-state index contributed by atoms with van der Waals surface area (Å²) in [4.78, 5) is 21.1. The Morgan fingerprint density at radius 2 is 1.85 bits per heavy atom. The van der Waals surface area contributed by atoms with Crippen LogP contribution in [-0.2, 0) is 18.2 Å². The quantitative estimate of drug-likeness (QED) is 0.295. The Labute approximate surface area is 216 Å². The number of amides is 1. The third-order valence-electron chi connectivity index (χ3n) is 5.61. The zero-order chi connectivity index (χ0) is 23.9. The Balaban J connectivity index is 0.00000544. The summed E-state index contributed by atoms with van der Waals surface area (Å²) in [5.74, 6) is 0.839. The van der Waals surface area contributed by atoms with Crippen LogP contribution in [0.15, 0.2) is 4.99 Å². The van der Waals surface area contributed by atoms with Crippen LogP contribution in [0.3, 0.4) is 0 Å². The van der Waals surface area contributed by atoms with E-state index in [1.54, 1.807) is 4.90 Å². The van der Waals surface area contributed by atoms with Crippen LogP contribution in [0.25, 0.3) is 0 Å². The number of halogens is 1. The number of aryl methyl sites for hydroxylation is 2. The van der Waals surface area contributed by atoms with Crippen molar-refractivity contribution in [2.75, 3.05) is 45.8 Å². The average molecular weight is 578 g/mol. The molecular weight excluding hydrogens is 533 g/mol. The van der Waals surface area contributed by atoms with Gasteiger partial charge in [0, 0.05) is 58.1 Å². The summed E-state index contributed by atoms with van der Waals surface area (Å²) in [7, 11) is 1.99. The van der Waals surface area contributed by atoms with Gasteiger partial charge in [0.15, 0.2) is 5.96 Å². The van der Waals surface area contributed by atoms with E-state index in [-0.39, 0.29) is 36.1 Å². The topological polar surface area (TPSA) is 87.0 Å². The Bertz CT molecular complexity index is 781. The molecule has 1 unspecified atom stereocenters. The van der Waals surface area contributed by atoms with Crippen LogP contribution in [0.1, 0.15) is 51.6 Å². The lowest BCUT2D eigenvalue weighted by Crippen LogP contribution is -2.50. The fraction of sp³-hybridized carbons (Fsp3) is 0.783. The van der Waals surface area contributed by atoms with E-state index in [9.17, 15) is 4.79 Å². The van der Waals surface area contributed by atoms with Crippen molar-refractivity contribution >= 4 is 36.0 Å². The van der Waals surface area contributed by atoms with Crippen molar-refractivity contribution in [1.82, 2.24) is 30.2 Å². The number of aliphatic imine (C=N–C) groups is 1. The molecule has 2 rings (SSSR count). The zero-order valence-electron chi connectivity index (χ0n) is 21.7. The highest BCUT2D eigenvalue weighted by Gasteiger charge is 2.25. The molecule has 0 saturated carbocycles. The molecule has 1 aromatic heterocycles. The van der Waals surface area contributed by atoms with Gasteiger partial charge in [-0.2, -0.15) is 5.10 Å². The van der Waals surface area contributed by atoms with Crippen molar-refractivity contribution in [3.63, 3.8) is 0 Å². The first-order chi connectivity index (χ1) is 15.0. The van der Waals surface area contributed by atoms with Gasteiger partial charge in [0.25, 0.3) is 0 Å². The zero-order valence-corrected chi connectivity index (χ0v) is 24.0. The van der Waals surface area contributed by atoms with Crippen molar-refractivity contribution in [2.45, 2.75) is 66.5 Å². The van der Waals surface area contributed by atoms with Crippen LogP contribution >= 0.6 is 24.0 Å². The van der Waals surface area contributed by atoms with Gasteiger partial charge in [-0.25, -0.2) is 4.79 Å². The van der Waals surface area contributed by atoms with E-state index in [0.29, 0.717) is 19.6 Å². The molecule has 0 aliphatic carbocycles. The van der Waals surface area contributed by atoms with Gasteiger partial charge < -0.3 is 20.3 Å². The number of rotatable bonds is 7. The van der Waals surface area contributed by atoms with E-state index < -0.39 is 5.60 Å². The molecule has 0 aromatic carbocycles. The lowest BCUT2D eigenvalue weighted by atomic mass is 10.1.